The van der Waals surface area contributed by atoms with Gasteiger partial charge in [0.25, 0.3) is 5.91 Å². The van der Waals surface area contributed by atoms with E-state index in [1.54, 1.807) is 17.5 Å². The van der Waals surface area contributed by atoms with Crippen molar-refractivity contribution in [3.8, 4) is 28.8 Å². The first-order valence-corrected chi connectivity index (χ1v) is 9.65. The van der Waals surface area contributed by atoms with E-state index in [1.807, 2.05) is 39.0 Å². The largest absolute Gasteiger partial charge is 0.504 e. The van der Waals surface area contributed by atoms with E-state index in [1.165, 1.54) is 23.5 Å². The monoisotopic (exact) mass is 405 g/mol. The molecule has 0 aliphatic heterocycles. The molecule has 6 nitrogen and oxygen atoms in total. The van der Waals surface area contributed by atoms with E-state index in [0.29, 0.717) is 16.4 Å². The van der Waals surface area contributed by atoms with Crippen molar-refractivity contribution in [1.82, 2.24) is 4.98 Å². The van der Waals surface area contributed by atoms with Crippen molar-refractivity contribution in [2.75, 3.05) is 5.32 Å². The summed E-state index contributed by atoms with van der Waals surface area (Å²) >= 11 is 1.20. The maximum absolute atomic E-state index is 12.5. The van der Waals surface area contributed by atoms with Gasteiger partial charge in [-0.2, -0.15) is 5.26 Å². The number of hydrogen-bond acceptors (Lipinski definition) is 6. The van der Waals surface area contributed by atoms with Gasteiger partial charge in [-0.25, -0.2) is 4.98 Å². The van der Waals surface area contributed by atoms with Gasteiger partial charge in [0.15, 0.2) is 16.6 Å². The van der Waals surface area contributed by atoms with Crippen LogP contribution in [0.25, 0.3) is 17.3 Å². The summed E-state index contributed by atoms with van der Waals surface area (Å²) in [4.78, 5) is 16.9. The van der Waals surface area contributed by atoms with Crippen molar-refractivity contribution in [1.29, 1.82) is 5.26 Å². The average molecular weight is 405 g/mol. The number of nitrogens with zero attached hydrogens (tertiary/aromatic N) is 2. The molecule has 3 rings (SSSR count). The summed E-state index contributed by atoms with van der Waals surface area (Å²) in [6.07, 6.45) is 1.57. The third-order valence-electron chi connectivity index (χ3n) is 4.54. The van der Waals surface area contributed by atoms with Gasteiger partial charge in [-0.05, 0) is 67.3 Å². The maximum Gasteiger partial charge on any atom is 0.268 e. The number of aryl methyl sites for hydroxylation is 3. The van der Waals surface area contributed by atoms with Crippen molar-refractivity contribution in [3.63, 3.8) is 0 Å². The number of rotatable bonds is 4. The van der Waals surface area contributed by atoms with Gasteiger partial charge in [0, 0.05) is 10.9 Å². The third kappa shape index (κ3) is 4.45. The number of amides is 1. The molecular formula is C22H19N3O3S. The molecule has 1 aromatic heterocycles. The minimum atomic E-state index is -0.542. The van der Waals surface area contributed by atoms with E-state index in [4.69, 9.17) is 0 Å². The van der Waals surface area contributed by atoms with Crippen molar-refractivity contribution < 1.29 is 15.0 Å². The summed E-state index contributed by atoms with van der Waals surface area (Å²) in [5.74, 6) is -1.01. The van der Waals surface area contributed by atoms with E-state index in [0.717, 1.165) is 22.3 Å². The Hall–Kier alpha value is -3.63. The van der Waals surface area contributed by atoms with E-state index < -0.39 is 5.91 Å². The number of benzene rings is 2. The molecule has 0 radical (unpaired) electrons. The zero-order valence-corrected chi connectivity index (χ0v) is 17.0. The molecule has 0 aliphatic carbocycles. The molecule has 0 atom stereocenters. The lowest BCUT2D eigenvalue weighted by molar-refractivity contribution is -0.112. The lowest BCUT2D eigenvalue weighted by Crippen LogP contribution is -2.13. The van der Waals surface area contributed by atoms with Gasteiger partial charge in [-0.15, -0.1) is 11.3 Å². The molecule has 0 aliphatic rings. The van der Waals surface area contributed by atoms with Crippen molar-refractivity contribution >= 4 is 28.5 Å². The maximum atomic E-state index is 12.5. The number of carbonyl (C=O) groups is 1. The Kier molecular flexibility index (Phi) is 5.66. The van der Waals surface area contributed by atoms with Crippen LogP contribution in [0.15, 0.2) is 41.3 Å². The Labute approximate surface area is 172 Å². The molecule has 0 saturated carbocycles. The van der Waals surface area contributed by atoms with Crippen LogP contribution in [0.3, 0.4) is 0 Å². The number of phenols is 2. The lowest BCUT2D eigenvalue weighted by Gasteiger charge is -2.07. The van der Waals surface area contributed by atoms with Crippen molar-refractivity contribution in [3.05, 3.63) is 63.5 Å². The highest BCUT2D eigenvalue weighted by atomic mass is 32.1. The first kappa shape index (κ1) is 20.1. The van der Waals surface area contributed by atoms with Crippen molar-refractivity contribution in [2.24, 2.45) is 0 Å². The fraction of sp³-hybridized carbons (Fsp3) is 0.136. The van der Waals surface area contributed by atoms with Gasteiger partial charge in [-0.3, -0.25) is 10.1 Å². The quantitative estimate of drug-likeness (QED) is 0.332. The molecule has 0 unspecified atom stereocenters. The van der Waals surface area contributed by atoms with Gasteiger partial charge < -0.3 is 10.2 Å². The fourth-order valence-corrected chi connectivity index (χ4v) is 3.47. The zero-order chi connectivity index (χ0) is 21.1. The molecule has 7 heteroatoms. The number of nitriles is 1. The predicted molar refractivity (Wildman–Crippen MR) is 114 cm³/mol. The average Bonchev–Trinajstić information content (AvgIpc) is 3.14. The standard InChI is InChI=1S/C22H19N3O3S/c1-12-6-14(3)16(7-13(12)2)8-17(10-23)21(28)25-22-24-18(11-29-22)15-4-5-19(26)20(27)9-15/h4-9,11,26-27H,1-3H3,(H,24,25,28)/b17-8+. The molecule has 146 valence electrons. The van der Waals surface area contributed by atoms with Crippen LogP contribution in [-0.2, 0) is 4.79 Å². The Morgan fingerprint density at radius 2 is 1.83 bits per heavy atom. The topological polar surface area (TPSA) is 106 Å². The van der Waals surface area contributed by atoms with Gasteiger partial charge in [0.2, 0.25) is 0 Å². The zero-order valence-electron chi connectivity index (χ0n) is 16.1. The van der Waals surface area contributed by atoms with Crippen LogP contribution in [0, 0.1) is 32.1 Å². The second-order valence-electron chi connectivity index (χ2n) is 6.66. The van der Waals surface area contributed by atoms with E-state index >= 15 is 0 Å². The van der Waals surface area contributed by atoms with Gasteiger partial charge in [0.1, 0.15) is 11.6 Å². The Balaban J connectivity index is 1.82. The van der Waals surface area contributed by atoms with Crippen LogP contribution >= 0.6 is 11.3 Å². The molecule has 3 N–H and O–H groups in total. The minimum absolute atomic E-state index is 0.0182. The fourth-order valence-electron chi connectivity index (χ4n) is 2.75. The summed E-state index contributed by atoms with van der Waals surface area (Å²) in [6.45, 7) is 5.93. The number of thiazole rings is 1. The summed E-state index contributed by atoms with van der Waals surface area (Å²) < 4.78 is 0. The summed E-state index contributed by atoms with van der Waals surface area (Å²) in [5.41, 5.74) is 5.15. The van der Waals surface area contributed by atoms with Gasteiger partial charge in [0.05, 0.1) is 5.69 Å². The Morgan fingerprint density at radius 3 is 2.52 bits per heavy atom. The summed E-state index contributed by atoms with van der Waals surface area (Å²) in [6, 6.07) is 10.3. The van der Waals surface area contributed by atoms with Crippen LogP contribution in [0.4, 0.5) is 5.13 Å². The first-order chi connectivity index (χ1) is 13.8. The number of anilines is 1. The second kappa shape index (κ2) is 8.17. The molecule has 29 heavy (non-hydrogen) atoms. The molecule has 1 amide bonds. The number of hydrogen-bond donors (Lipinski definition) is 3. The van der Waals surface area contributed by atoms with Crippen LogP contribution in [0.1, 0.15) is 22.3 Å². The molecule has 2 aromatic carbocycles. The van der Waals surface area contributed by atoms with Crippen molar-refractivity contribution in [2.45, 2.75) is 20.8 Å². The summed E-state index contributed by atoms with van der Waals surface area (Å²) in [5, 5.41) is 33.2. The number of aromatic hydroxyl groups is 2. The molecule has 0 saturated heterocycles. The normalized spacial score (nSPS) is 11.2. The van der Waals surface area contributed by atoms with Crippen LogP contribution < -0.4 is 5.32 Å². The molecule has 3 aromatic rings. The Bertz CT molecular complexity index is 1170. The molecule has 0 bridgehead atoms. The molecule has 1 heterocycles. The smallest absolute Gasteiger partial charge is 0.268 e. The van der Waals surface area contributed by atoms with Gasteiger partial charge in [-0.1, -0.05) is 12.1 Å². The molecule has 0 spiro atoms. The first-order valence-electron chi connectivity index (χ1n) is 8.77. The predicted octanol–water partition coefficient (Wildman–Crippen LogP) is 4.69. The van der Waals surface area contributed by atoms with Crippen LogP contribution in [0.2, 0.25) is 0 Å². The number of phenolic OH excluding ortho intramolecular Hbond substituents is 2. The highest BCUT2D eigenvalue weighted by Gasteiger charge is 2.14. The van der Waals surface area contributed by atoms with Crippen LogP contribution in [-0.4, -0.2) is 21.1 Å². The molecular weight excluding hydrogens is 386 g/mol. The minimum Gasteiger partial charge on any atom is -0.504 e. The number of aromatic nitrogens is 1. The Morgan fingerprint density at radius 1 is 1.10 bits per heavy atom. The van der Waals surface area contributed by atoms with E-state index in [9.17, 15) is 20.3 Å². The molecule has 0 fully saturated rings. The lowest BCUT2D eigenvalue weighted by atomic mass is 9.99. The van der Waals surface area contributed by atoms with Crippen LogP contribution in [0.5, 0.6) is 11.5 Å². The number of nitrogens with one attached hydrogen (secondary N) is 1. The third-order valence-corrected chi connectivity index (χ3v) is 5.30. The van der Waals surface area contributed by atoms with E-state index in [2.05, 4.69) is 10.3 Å². The summed E-state index contributed by atoms with van der Waals surface area (Å²) in [7, 11) is 0. The van der Waals surface area contributed by atoms with E-state index in [-0.39, 0.29) is 17.1 Å². The highest BCUT2D eigenvalue weighted by molar-refractivity contribution is 7.14. The van der Waals surface area contributed by atoms with Gasteiger partial charge >= 0.3 is 0 Å². The SMILES string of the molecule is Cc1cc(C)c(/C=C(\C#N)C(=O)Nc2nc(-c3ccc(O)c(O)c3)cs2)cc1C. The second-order valence-corrected chi connectivity index (χ2v) is 7.52. The number of carbonyl (C=O) groups excluding carboxylic acids is 1. The highest BCUT2D eigenvalue weighted by Crippen LogP contribution is 2.32.